The fourth-order valence-corrected chi connectivity index (χ4v) is 4.37. The molecular weight excluding hydrogens is 446 g/mol. The van der Waals surface area contributed by atoms with Crippen molar-refractivity contribution >= 4 is 58.2 Å². The SMILES string of the molecule is Clc1ccc(COC(CSc2ccc(Cl)cc2Cl)Cn2ccnc2)c(Cl)c1. The molecule has 142 valence electrons. The van der Waals surface area contributed by atoms with Crippen LogP contribution in [-0.2, 0) is 17.9 Å². The Balaban J connectivity index is 1.66. The van der Waals surface area contributed by atoms with Gasteiger partial charge in [-0.3, -0.25) is 0 Å². The van der Waals surface area contributed by atoms with Gasteiger partial charge in [0.2, 0.25) is 0 Å². The molecule has 0 bridgehead atoms. The molecule has 1 aromatic heterocycles. The average Bonchev–Trinajstić information content (AvgIpc) is 3.13. The van der Waals surface area contributed by atoms with E-state index in [0.717, 1.165) is 10.5 Å². The number of aromatic nitrogens is 2. The van der Waals surface area contributed by atoms with Crippen LogP contribution in [0.15, 0.2) is 60.0 Å². The third-order valence-electron chi connectivity index (χ3n) is 3.78. The van der Waals surface area contributed by atoms with Gasteiger partial charge in [-0.15, -0.1) is 11.8 Å². The number of nitrogens with zero attached hydrogens (tertiary/aromatic N) is 2. The maximum absolute atomic E-state index is 6.27. The number of halogens is 4. The minimum Gasteiger partial charge on any atom is -0.371 e. The maximum Gasteiger partial charge on any atom is 0.0946 e. The van der Waals surface area contributed by atoms with E-state index in [1.54, 1.807) is 42.5 Å². The van der Waals surface area contributed by atoms with Crippen LogP contribution < -0.4 is 0 Å². The third-order valence-corrected chi connectivity index (χ3v) is 6.23. The van der Waals surface area contributed by atoms with E-state index in [4.69, 9.17) is 51.1 Å². The predicted molar refractivity (Wildman–Crippen MR) is 114 cm³/mol. The topological polar surface area (TPSA) is 27.1 Å². The molecule has 0 N–H and O–H groups in total. The van der Waals surface area contributed by atoms with Crippen LogP contribution in [0.1, 0.15) is 5.56 Å². The Morgan fingerprint density at radius 1 is 1.00 bits per heavy atom. The molecule has 0 radical (unpaired) electrons. The summed E-state index contributed by atoms with van der Waals surface area (Å²) in [6.45, 7) is 1.06. The van der Waals surface area contributed by atoms with E-state index in [-0.39, 0.29) is 6.10 Å². The lowest BCUT2D eigenvalue weighted by atomic mass is 10.2. The van der Waals surface area contributed by atoms with E-state index >= 15 is 0 Å². The quantitative estimate of drug-likeness (QED) is 0.342. The van der Waals surface area contributed by atoms with Crippen LogP contribution in [0.2, 0.25) is 20.1 Å². The van der Waals surface area contributed by atoms with Gasteiger partial charge in [0.05, 0.1) is 30.6 Å². The van der Waals surface area contributed by atoms with Crippen molar-refractivity contribution in [1.82, 2.24) is 9.55 Å². The smallest absolute Gasteiger partial charge is 0.0946 e. The molecule has 0 saturated carbocycles. The van der Waals surface area contributed by atoms with E-state index in [1.807, 2.05) is 29.0 Å². The minimum absolute atomic E-state index is 0.0670. The van der Waals surface area contributed by atoms with Gasteiger partial charge in [0.1, 0.15) is 0 Å². The monoisotopic (exact) mass is 460 g/mol. The zero-order valence-corrected chi connectivity index (χ0v) is 18.0. The first-order valence-electron chi connectivity index (χ1n) is 8.10. The van der Waals surface area contributed by atoms with E-state index < -0.39 is 0 Å². The first kappa shape index (κ1) is 20.8. The summed E-state index contributed by atoms with van der Waals surface area (Å²) in [7, 11) is 0. The van der Waals surface area contributed by atoms with Crippen molar-refractivity contribution in [2.24, 2.45) is 0 Å². The molecule has 0 aliphatic carbocycles. The van der Waals surface area contributed by atoms with Crippen LogP contribution in [0.25, 0.3) is 0 Å². The number of ether oxygens (including phenoxy) is 1. The fraction of sp³-hybridized carbons (Fsp3) is 0.211. The number of imidazole rings is 1. The van der Waals surface area contributed by atoms with Crippen LogP contribution in [0, 0.1) is 0 Å². The summed E-state index contributed by atoms with van der Waals surface area (Å²) in [5.41, 5.74) is 0.895. The first-order chi connectivity index (χ1) is 13.0. The second kappa shape index (κ2) is 10.1. The minimum atomic E-state index is -0.0670. The summed E-state index contributed by atoms with van der Waals surface area (Å²) in [5, 5.41) is 2.45. The van der Waals surface area contributed by atoms with Gasteiger partial charge in [-0.2, -0.15) is 0 Å². The molecule has 0 fully saturated rings. The van der Waals surface area contributed by atoms with Crippen molar-refractivity contribution in [3.8, 4) is 0 Å². The highest BCUT2D eigenvalue weighted by Crippen LogP contribution is 2.31. The lowest BCUT2D eigenvalue weighted by Gasteiger charge is -2.19. The second-order valence-electron chi connectivity index (χ2n) is 5.81. The summed E-state index contributed by atoms with van der Waals surface area (Å²) in [6, 6.07) is 10.9. The maximum atomic E-state index is 6.27. The second-order valence-corrected chi connectivity index (χ2v) is 8.56. The van der Waals surface area contributed by atoms with Gasteiger partial charge in [0.25, 0.3) is 0 Å². The van der Waals surface area contributed by atoms with Crippen LogP contribution >= 0.6 is 58.2 Å². The Morgan fingerprint density at radius 3 is 2.41 bits per heavy atom. The van der Waals surface area contributed by atoms with E-state index in [9.17, 15) is 0 Å². The molecule has 3 rings (SSSR count). The number of hydrogen-bond donors (Lipinski definition) is 0. The summed E-state index contributed by atoms with van der Waals surface area (Å²) in [4.78, 5) is 5.05. The molecule has 3 nitrogen and oxygen atoms in total. The fourth-order valence-electron chi connectivity index (χ4n) is 2.40. The van der Waals surface area contributed by atoms with Gasteiger partial charge in [-0.05, 0) is 35.9 Å². The number of rotatable bonds is 8. The van der Waals surface area contributed by atoms with Crippen molar-refractivity contribution < 1.29 is 4.74 Å². The van der Waals surface area contributed by atoms with Crippen molar-refractivity contribution in [3.05, 3.63) is 80.8 Å². The van der Waals surface area contributed by atoms with Gasteiger partial charge in [-0.25, -0.2) is 4.98 Å². The summed E-state index contributed by atoms with van der Waals surface area (Å²) in [5.74, 6) is 0.713. The Bertz CT molecular complexity index is 834. The largest absolute Gasteiger partial charge is 0.371 e. The molecule has 0 aliphatic heterocycles. The highest BCUT2D eigenvalue weighted by atomic mass is 35.5. The number of thioether (sulfide) groups is 1. The highest BCUT2D eigenvalue weighted by Gasteiger charge is 2.14. The summed E-state index contributed by atoms with van der Waals surface area (Å²) < 4.78 is 8.13. The zero-order chi connectivity index (χ0) is 19.2. The Hall–Kier alpha value is -0.880. The lowest BCUT2D eigenvalue weighted by molar-refractivity contribution is 0.0451. The first-order valence-corrected chi connectivity index (χ1v) is 10.6. The predicted octanol–water partition coefficient (Wildman–Crippen LogP) is 6.87. The molecule has 0 spiro atoms. The highest BCUT2D eigenvalue weighted by molar-refractivity contribution is 7.99. The van der Waals surface area contributed by atoms with E-state index in [2.05, 4.69) is 4.98 Å². The number of benzene rings is 2. The normalized spacial score (nSPS) is 12.3. The van der Waals surface area contributed by atoms with Crippen LogP contribution in [0.5, 0.6) is 0 Å². The lowest BCUT2D eigenvalue weighted by Crippen LogP contribution is -2.22. The third kappa shape index (κ3) is 6.31. The van der Waals surface area contributed by atoms with Crippen LogP contribution in [0.3, 0.4) is 0 Å². The van der Waals surface area contributed by atoms with Crippen LogP contribution in [-0.4, -0.2) is 21.4 Å². The van der Waals surface area contributed by atoms with Gasteiger partial charge >= 0.3 is 0 Å². The van der Waals surface area contributed by atoms with Crippen molar-refractivity contribution in [2.45, 2.75) is 24.2 Å². The average molecular weight is 462 g/mol. The Labute approximate surface area is 182 Å². The summed E-state index contributed by atoms with van der Waals surface area (Å²) >= 11 is 26.1. The Kier molecular flexibility index (Phi) is 7.76. The van der Waals surface area contributed by atoms with Crippen molar-refractivity contribution in [2.75, 3.05) is 5.75 Å². The molecule has 0 saturated heterocycles. The molecule has 1 atom stereocenters. The molecule has 0 aliphatic rings. The van der Waals surface area contributed by atoms with Gasteiger partial charge < -0.3 is 9.30 Å². The summed E-state index contributed by atoms with van der Waals surface area (Å²) in [6.07, 6.45) is 5.36. The molecule has 0 amide bonds. The molecule has 27 heavy (non-hydrogen) atoms. The van der Waals surface area contributed by atoms with Gasteiger partial charge in [-0.1, -0.05) is 52.5 Å². The molecule has 8 heteroatoms. The van der Waals surface area contributed by atoms with Gasteiger partial charge in [0, 0.05) is 38.1 Å². The molecule has 1 unspecified atom stereocenters. The molecule has 1 heterocycles. The number of hydrogen-bond acceptors (Lipinski definition) is 3. The van der Waals surface area contributed by atoms with Gasteiger partial charge in [0.15, 0.2) is 0 Å². The van der Waals surface area contributed by atoms with E-state index in [0.29, 0.717) is 39.0 Å². The van der Waals surface area contributed by atoms with E-state index in [1.165, 1.54) is 0 Å². The van der Waals surface area contributed by atoms with Crippen molar-refractivity contribution in [3.63, 3.8) is 0 Å². The Morgan fingerprint density at radius 2 is 1.74 bits per heavy atom. The molecular formula is C19H16Cl4N2OS. The van der Waals surface area contributed by atoms with Crippen molar-refractivity contribution in [1.29, 1.82) is 0 Å². The van der Waals surface area contributed by atoms with Crippen LogP contribution in [0.4, 0.5) is 0 Å². The zero-order valence-electron chi connectivity index (χ0n) is 14.1. The molecule has 2 aromatic carbocycles. The standard InChI is InChI=1S/C19H16Cl4N2OS/c20-14-2-1-13(17(22)7-14)10-26-16(9-25-6-5-24-12-25)11-27-19-4-3-15(21)8-18(19)23/h1-8,12,16H,9-11H2. The molecule has 3 aromatic rings.